The molecule has 0 aromatic rings. The first-order valence-electron chi connectivity index (χ1n) is 4.83. The molecular weight excluding hydrogens is 120 g/mol. The van der Waals surface area contributed by atoms with Gasteiger partial charge in [-0.3, -0.25) is 0 Å². The van der Waals surface area contributed by atoms with Crippen LogP contribution in [0.3, 0.4) is 0 Å². The normalized spacial score (nSPS) is 62.7. The second kappa shape index (κ2) is 1.31. The monoisotopic (exact) mass is 136 g/mol. The molecule has 4 aliphatic rings. The number of hydrogen-bond donors (Lipinski definition) is 0. The highest BCUT2D eigenvalue weighted by atomic mass is 14.8. The maximum Gasteiger partial charge on any atom is -0.0215 e. The minimum atomic E-state index is 0.910. The number of rotatable bonds is 1. The lowest BCUT2D eigenvalue weighted by Gasteiger charge is -2.67. The van der Waals surface area contributed by atoms with Crippen LogP contribution >= 0.6 is 0 Å². The van der Waals surface area contributed by atoms with Gasteiger partial charge in [-0.1, -0.05) is 6.92 Å². The Kier molecular flexibility index (Phi) is 0.735. The van der Waals surface area contributed by atoms with E-state index in [4.69, 9.17) is 0 Å². The summed E-state index contributed by atoms with van der Waals surface area (Å²) in [6, 6.07) is 0. The first-order valence-corrected chi connectivity index (χ1v) is 4.83. The van der Waals surface area contributed by atoms with Crippen molar-refractivity contribution >= 4 is 0 Å². The molecule has 0 radical (unpaired) electrons. The molecule has 0 aromatic carbocycles. The van der Waals surface area contributed by atoms with E-state index in [0.717, 1.165) is 10.8 Å². The molecule has 0 amide bonds. The summed E-state index contributed by atoms with van der Waals surface area (Å²) in [7, 11) is 0. The van der Waals surface area contributed by atoms with Crippen LogP contribution in [0.5, 0.6) is 0 Å². The van der Waals surface area contributed by atoms with Crippen molar-refractivity contribution < 1.29 is 0 Å². The fourth-order valence-electron chi connectivity index (χ4n) is 4.42. The van der Waals surface area contributed by atoms with Crippen molar-refractivity contribution in [3.05, 3.63) is 0 Å². The highest BCUT2D eigenvalue weighted by molar-refractivity contribution is 5.22. The molecule has 0 nitrogen and oxygen atoms in total. The van der Waals surface area contributed by atoms with Crippen LogP contribution in [0, 0.1) is 16.7 Å². The Hall–Kier alpha value is 0. The van der Waals surface area contributed by atoms with E-state index in [-0.39, 0.29) is 0 Å². The van der Waals surface area contributed by atoms with Crippen LogP contribution in [0.25, 0.3) is 0 Å². The van der Waals surface area contributed by atoms with Gasteiger partial charge < -0.3 is 0 Å². The molecule has 0 heterocycles. The van der Waals surface area contributed by atoms with Gasteiger partial charge in [-0.2, -0.15) is 0 Å². The predicted octanol–water partition coefficient (Wildman–Crippen LogP) is 2.98. The molecule has 56 valence electrons. The molecule has 0 saturated heterocycles. The average molecular weight is 136 g/mol. The molecule has 4 saturated carbocycles. The van der Waals surface area contributed by atoms with Crippen LogP contribution in [0.1, 0.15) is 45.4 Å². The summed E-state index contributed by atoms with van der Waals surface area (Å²) in [5.41, 5.74) is 1.83. The first kappa shape index (κ1) is 5.62. The summed E-state index contributed by atoms with van der Waals surface area (Å²) < 4.78 is 0. The van der Waals surface area contributed by atoms with Crippen LogP contribution in [0.4, 0.5) is 0 Å². The number of fused-ring (bicyclic) bond motifs is 1. The third kappa shape index (κ3) is 0.302. The van der Waals surface area contributed by atoms with E-state index in [9.17, 15) is 0 Å². The van der Waals surface area contributed by atoms with Gasteiger partial charge >= 0.3 is 0 Å². The molecule has 1 spiro atoms. The largest absolute Gasteiger partial charge is 0.0648 e. The summed E-state index contributed by atoms with van der Waals surface area (Å²) in [4.78, 5) is 0. The van der Waals surface area contributed by atoms with E-state index in [1.54, 1.807) is 32.1 Å². The molecule has 0 N–H and O–H groups in total. The molecular formula is C10H16. The van der Waals surface area contributed by atoms with Crippen LogP contribution < -0.4 is 0 Å². The third-order valence-corrected chi connectivity index (χ3v) is 5.13. The summed E-state index contributed by atoms with van der Waals surface area (Å²) in [6.45, 7) is 2.41. The molecule has 0 aromatic heterocycles. The molecule has 10 heavy (non-hydrogen) atoms. The predicted molar refractivity (Wildman–Crippen MR) is 41.7 cm³/mol. The van der Waals surface area contributed by atoms with Gasteiger partial charge in [0.15, 0.2) is 0 Å². The second-order valence-electron chi connectivity index (χ2n) is 4.73. The Morgan fingerprint density at radius 1 is 1.30 bits per heavy atom. The topological polar surface area (TPSA) is 0 Å². The van der Waals surface area contributed by atoms with Crippen molar-refractivity contribution in [2.75, 3.05) is 0 Å². The van der Waals surface area contributed by atoms with Gasteiger partial charge in [0.2, 0.25) is 0 Å². The van der Waals surface area contributed by atoms with Gasteiger partial charge in [0.1, 0.15) is 0 Å². The SMILES string of the molecule is CCC12CCC13CCC2C3. The summed E-state index contributed by atoms with van der Waals surface area (Å²) in [5, 5.41) is 0. The van der Waals surface area contributed by atoms with Gasteiger partial charge in [-0.25, -0.2) is 0 Å². The molecule has 4 aliphatic carbocycles. The quantitative estimate of drug-likeness (QED) is 0.520. The van der Waals surface area contributed by atoms with E-state index in [0.29, 0.717) is 0 Å². The Bertz CT molecular complexity index is 176. The van der Waals surface area contributed by atoms with Gasteiger partial charge in [-0.05, 0) is 55.3 Å². The van der Waals surface area contributed by atoms with Gasteiger partial charge in [0.25, 0.3) is 0 Å². The first-order chi connectivity index (χ1) is 4.83. The molecule has 4 rings (SSSR count). The second-order valence-corrected chi connectivity index (χ2v) is 4.73. The molecule has 3 unspecified atom stereocenters. The zero-order chi connectivity index (χ0) is 6.82. The molecule has 2 bridgehead atoms. The van der Waals surface area contributed by atoms with Crippen LogP contribution in [0.2, 0.25) is 0 Å². The third-order valence-electron chi connectivity index (χ3n) is 5.13. The Labute approximate surface area is 63.0 Å². The van der Waals surface area contributed by atoms with Crippen LogP contribution in [-0.2, 0) is 0 Å². The summed E-state index contributed by atoms with van der Waals surface area (Å²) >= 11 is 0. The zero-order valence-electron chi connectivity index (χ0n) is 6.82. The lowest BCUT2D eigenvalue weighted by Crippen LogP contribution is -2.59. The molecule has 3 atom stereocenters. The van der Waals surface area contributed by atoms with Crippen molar-refractivity contribution in [2.45, 2.75) is 45.4 Å². The fourth-order valence-corrected chi connectivity index (χ4v) is 4.42. The Balaban J connectivity index is 2.02. The van der Waals surface area contributed by atoms with Crippen molar-refractivity contribution in [3.63, 3.8) is 0 Å². The Morgan fingerprint density at radius 2 is 2.20 bits per heavy atom. The van der Waals surface area contributed by atoms with Gasteiger partial charge in [-0.15, -0.1) is 0 Å². The van der Waals surface area contributed by atoms with E-state index in [1.165, 1.54) is 12.3 Å². The summed E-state index contributed by atoms with van der Waals surface area (Å²) in [5.74, 6) is 1.17. The van der Waals surface area contributed by atoms with E-state index >= 15 is 0 Å². The maximum atomic E-state index is 2.41. The smallest absolute Gasteiger partial charge is 0.0215 e. The van der Waals surface area contributed by atoms with Crippen LogP contribution in [0.15, 0.2) is 0 Å². The van der Waals surface area contributed by atoms with Crippen molar-refractivity contribution in [3.8, 4) is 0 Å². The fraction of sp³-hybridized carbons (Fsp3) is 1.00. The minimum absolute atomic E-state index is 0.910. The number of hydrogen-bond acceptors (Lipinski definition) is 0. The average Bonchev–Trinajstić information content (AvgIpc) is 2.43. The maximum absolute atomic E-state index is 2.41. The Morgan fingerprint density at radius 3 is 2.50 bits per heavy atom. The van der Waals surface area contributed by atoms with Crippen molar-refractivity contribution in [2.24, 2.45) is 16.7 Å². The standard InChI is InChI=1S/C10H16/c1-2-10-6-5-9(10)4-3-8(10)7-9/h8H,2-7H2,1H3. The highest BCUT2D eigenvalue weighted by Gasteiger charge is 2.72. The summed E-state index contributed by atoms with van der Waals surface area (Å²) in [6.07, 6.45) is 9.42. The van der Waals surface area contributed by atoms with E-state index in [1.807, 2.05) is 0 Å². The van der Waals surface area contributed by atoms with E-state index < -0.39 is 0 Å². The zero-order valence-corrected chi connectivity index (χ0v) is 6.82. The van der Waals surface area contributed by atoms with Crippen molar-refractivity contribution in [1.29, 1.82) is 0 Å². The minimum Gasteiger partial charge on any atom is -0.0648 e. The lowest BCUT2D eigenvalue weighted by molar-refractivity contribution is -0.183. The van der Waals surface area contributed by atoms with Gasteiger partial charge in [0.05, 0.1) is 0 Å². The lowest BCUT2D eigenvalue weighted by atomic mass is 9.37. The van der Waals surface area contributed by atoms with Crippen LogP contribution in [-0.4, -0.2) is 0 Å². The van der Waals surface area contributed by atoms with Crippen molar-refractivity contribution in [1.82, 2.24) is 0 Å². The van der Waals surface area contributed by atoms with Gasteiger partial charge in [0, 0.05) is 0 Å². The molecule has 0 heteroatoms. The van der Waals surface area contributed by atoms with E-state index in [2.05, 4.69) is 6.92 Å². The molecule has 4 fully saturated rings. The molecule has 0 aliphatic heterocycles. The highest BCUT2D eigenvalue weighted by Crippen LogP contribution is 2.82.